The fourth-order valence-corrected chi connectivity index (χ4v) is 1.81. The largest absolute Gasteiger partial charge is 0.454 e. The van der Waals surface area contributed by atoms with Crippen molar-refractivity contribution in [3.05, 3.63) is 60.8 Å². The van der Waals surface area contributed by atoms with Gasteiger partial charge in [-0.15, -0.1) is 0 Å². The monoisotopic (exact) mass is 236 g/mol. The summed E-state index contributed by atoms with van der Waals surface area (Å²) in [4.78, 5) is 4.34. The predicted molar refractivity (Wildman–Crippen MR) is 72.7 cm³/mol. The number of anilines is 1. The Morgan fingerprint density at radius 2 is 1.72 bits per heavy atom. The number of hydrogen-bond donors (Lipinski definition) is 1. The molecule has 0 atom stereocenters. The SMILES string of the molecule is Nc1ccccc1Oc1cnc2ccccc2c1. The van der Waals surface area contributed by atoms with Crippen LogP contribution in [0.5, 0.6) is 11.5 Å². The van der Waals surface area contributed by atoms with E-state index in [4.69, 9.17) is 10.5 Å². The summed E-state index contributed by atoms with van der Waals surface area (Å²) >= 11 is 0. The van der Waals surface area contributed by atoms with Gasteiger partial charge in [-0.05, 0) is 24.3 Å². The van der Waals surface area contributed by atoms with Gasteiger partial charge in [0.05, 0.1) is 17.4 Å². The number of aromatic nitrogens is 1. The summed E-state index contributed by atoms with van der Waals surface area (Å²) in [6, 6.07) is 17.3. The molecule has 0 saturated heterocycles. The minimum atomic E-state index is 0.616. The molecule has 3 aromatic rings. The van der Waals surface area contributed by atoms with Gasteiger partial charge in [-0.3, -0.25) is 4.98 Å². The molecular weight excluding hydrogens is 224 g/mol. The molecule has 0 aliphatic carbocycles. The summed E-state index contributed by atoms with van der Waals surface area (Å²) in [5.74, 6) is 1.33. The highest BCUT2D eigenvalue weighted by Gasteiger charge is 2.02. The van der Waals surface area contributed by atoms with Crippen molar-refractivity contribution in [2.24, 2.45) is 0 Å². The van der Waals surface area contributed by atoms with Gasteiger partial charge in [-0.1, -0.05) is 30.3 Å². The van der Waals surface area contributed by atoms with Crippen LogP contribution < -0.4 is 10.5 Å². The summed E-state index contributed by atoms with van der Waals surface area (Å²) in [6.07, 6.45) is 1.70. The first kappa shape index (κ1) is 10.6. The normalized spacial score (nSPS) is 10.4. The van der Waals surface area contributed by atoms with E-state index in [2.05, 4.69) is 4.98 Å². The average molecular weight is 236 g/mol. The molecule has 0 unspecified atom stereocenters. The number of rotatable bonds is 2. The number of ether oxygens (including phenoxy) is 1. The number of nitrogens with two attached hydrogens (primary N) is 1. The van der Waals surface area contributed by atoms with Gasteiger partial charge in [-0.25, -0.2) is 0 Å². The molecule has 3 heteroatoms. The van der Waals surface area contributed by atoms with E-state index >= 15 is 0 Å². The van der Waals surface area contributed by atoms with Crippen LogP contribution in [0.4, 0.5) is 5.69 Å². The lowest BCUT2D eigenvalue weighted by Crippen LogP contribution is -1.92. The molecule has 3 rings (SSSR count). The first-order valence-corrected chi connectivity index (χ1v) is 5.70. The van der Waals surface area contributed by atoms with Crippen LogP contribution in [0.25, 0.3) is 10.9 Å². The molecule has 0 fully saturated rings. The topological polar surface area (TPSA) is 48.1 Å². The Kier molecular flexibility index (Phi) is 2.57. The Morgan fingerprint density at radius 1 is 0.944 bits per heavy atom. The van der Waals surface area contributed by atoms with Gasteiger partial charge in [0.2, 0.25) is 0 Å². The zero-order chi connectivity index (χ0) is 12.4. The first-order chi connectivity index (χ1) is 8.83. The molecule has 0 radical (unpaired) electrons. The van der Waals surface area contributed by atoms with Gasteiger partial charge in [0.15, 0.2) is 0 Å². The van der Waals surface area contributed by atoms with E-state index in [1.165, 1.54) is 0 Å². The Labute approximate surface area is 105 Å². The summed E-state index contributed by atoms with van der Waals surface area (Å²) < 4.78 is 5.73. The lowest BCUT2D eigenvalue weighted by Gasteiger charge is -2.08. The second-order valence-corrected chi connectivity index (χ2v) is 4.00. The number of pyridine rings is 1. The van der Waals surface area contributed by atoms with Crippen LogP contribution >= 0.6 is 0 Å². The first-order valence-electron chi connectivity index (χ1n) is 5.70. The Hall–Kier alpha value is -2.55. The van der Waals surface area contributed by atoms with Gasteiger partial charge >= 0.3 is 0 Å². The molecule has 0 aliphatic rings. The number of nitrogen functional groups attached to an aromatic ring is 1. The van der Waals surface area contributed by atoms with Gasteiger partial charge in [0, 0.05) is 5.39 Å². The second-order valence-electron chi connectivity index (χ2n) is 4.00. The quantitative estimate of drug-likeness (QED) is 0.691. The number of hydrogen-bond acceptors (Lipinski definition) is 3. The van der Waals surface area contributed by atoms with Crippen molar-refractivity contribution in [2.75, 3.05) is 5.73 Å². The molecule has 0 spiro atoms. The smallest absolute Gasteiger partial charge is 0.150 e. The average Bonchev–Trinajstić information content (AvgIpc) is 2.41. The zero-order valence-corrected chi connectivity index (χ0v) is 9.71. The van der Waals surface area contributed by atoms with Crippen LogP contribution in [-0.4, -0.2) is 4.98 Å². The van der Waals surface area contributed by atoms with Crippen LogP contribution in [0, 0.1) is 0 Å². The highest BCUT2D eigenvalue weighted by molar-refractivity contribution is 5.79. The molecule has 2 aromatic carbocycles. The van der Waals surface area contributed by atoms with Gasteiger partial charge in [0.25, 0.3) is 0 Å². The predicted octanol–water partition coefficient (Wildman–Crippen LogP) is 3.61. The molecule has 0 saturated carbocycles. The highest BCUT2D eigenvalue weighted by atomic mass is 16.5. The molecule has 2 N–H and O–H groups in total. The van der Waals surface area contributed by atoms with E-state index in [-0.39, 0.29) is 0 Å². The van der Waals surface area contributed by atoms with E-state index < -0.39 is 0 Å². The molecule has 1 heterocycles. The Balaban J connectivity index is 1.98. The van der Waals surface area contributed by atoms with Crippen LogP contribution in [-0.2, 0) is 0 Å². The standard InChI is InChI=1S/C15H12N2O/c16-13-6-2-4-8-15(13)18-12-9-11-5-1-3-7-14(11)17-10-12/h1-10H,16H2. The van der Waals surface area contributed by atoms with Crippen LogP contribution in [0.2, 0.25) is 0 Å². The molecular formula is C15H12N2O. The molecule has 0 bridgehead atoms. The highest BCUT2D eigenvalue weighted by Crippen LogP contribution is 2.27. The second kappa shape index (κ2) is 4.37. The third kappa shape index (κ3) is 1.98. The fraction of sp³-hybridized carbons (Fsp3) is 0. The number of para-hydroxylation sites is 3. The summed E-state index contributed by atoms with van der Waals surface area (Å²) in [7, 11) is 0. The van der Waals surface area contributed by atoms with Crippen LogP contribution in [0.15, 0.2) is 60.8 Å². The van der Waals surface area contributed by atoms with E-state index in [1.807, 2.05) is 54.6 Å². The van der Waals surface area contributed by atoms with Gasteiger partial charge in [0.1, 0.15) is 11.5 Å². The maximum atomic E-state index is 5.84. The number of benzene rings is 2. The van der Waals surface area contributed by atoms with Gasteiger partial charge < -0.3 is 10.5 Å². The summed E-state index contributed by atoms with van der Waals surface area (Å²) in [5.41, 5.74) is 7.40. The third-order valence-corrected chi connectivity index (χ3v) is 2.71. The van der Waals surface area contributed by atoms with Crippen molar-refractivity contribution in [1.29, 1.82) is 0 Å². The van der Waals surface area contributed by atoms with E-state index in [0.29, 0.717) is 17.2 Å². The summed E-state index contributed by atoms with van der Waals surface area (Å²) in [6.45, 7) is 0. The van der Waals surface area contributed by atoms with E-state index in [0.717, 1.165) is 10.9 Å². The van der Waals surface area contributed by atoms with Crippen molar-refractivity contribution in [3.63, 3.8) is 0 Å². The van der Waals surface area contributed by atoms with E-state index in [9.17, 15) is 0 Å². The minimum Gasteiger partial charge on any atom is -0.454 e. The number of fused-ring (bicyclic) bond motifs is 1. The van der Waals surface area contributed by atoms with E-state index in [1.54, 1.807) is 6.20 Å². The van der Waals surface area contributed by atoms with Crippen molar-refractivity contribution in [1.82, 2.24) is 4.98 Å². The van der Waals surface area contributed by atoms with Crippen LogP contribution in [0.3, 0.4) is 0 Å². The third-order valence-electron chi connectivity index (χ3n) is 2.71. The van der Waals surface area contributed by atoms with Gasteiger partial charge in [-0.2, -0.15) is 0 Å². The lowest BCUT2D eigenvalue weighted by atomic mass is 10.2. The maximum Gasteiger partial charge on any atom is 0.150 e. The van der Waals surface area contributed by atoms with Crippen molar-refractivity contribution < 1.29 is 4.74 Å². The molecule has 18 heavy (non-hydrogen) atoms. The molecule has 0 amide bonds. The zero-order valence-electron chi connectivity index (χ0n) is 9.71. The lowest BCUT2D eigenvalue weighted by molar-refractivity contribution is 0.484. The molecule has 3 nitrogen and oxygen atoms in total. The number of nitrogens with zero attached hydrogens (tertiary/aromatic N) is 1. The summed E-state index contributed by atoms with van der Waals surface area (Å²) in [5, 5.41) is 1.05. The Morgan fingerprint density at radius 3 is 2.61 bits per heavy atom. The maximum absolute atomic E-state index is 5.84. The van der Waals surface area contributed by atoms with Crippen molar-refractivity contribution in [3.8, 4) is 11.5 Å². The molecule has 1 aromatic heterocycles. The molecule has 88 valence electrons. The van der Waals surface area contributed by atoms with Crippen LogP contribution in [0.1, 0.15) is 0 Å². The fourth-order valence-electron chi connectivity index (χ4n) is 1.81. The minimum absolute atomic E-state index is 0.616. The molecule has 0 aliphatic heterocycles. The Bertz CT molecular complexity index is 695. The van der Waals surface area contributed by atoms with Crippen molar-refractivity contribution >= 4 is 16.6 Å². The van der Waals surface area contributed by atoms with Crippen molar-refractivity contribution in [2.45, 2.75) is 0 Å².